The van der Waals surface area contributed by atoms with Gasteiger partial charge in [-0.1, -0.05) is 18.2 Å². The molecule has 1 amide bonds. The molecule has 1 aromatic carbocycles. The van der Waals surface area contributed by atoms with Gasteiger partial charge in [-0.05, 0) is 12.1 Å². The Balaban J connectivity index is 1.64. The molecule has 1 aliphatic carbocycles. The zero-order chi connectivity index (χ0) is 15.5. The predicted octanol–water partition coefficient (Wildman–Crippen LogP) is 0.346. The van der Waals surface area contributed by atoms with E-state index in [9.17, 15) is 15.0 Å². The van der Waals surface area contributed by atoms with Crippen LogP contribution in [0.2, 0.25) is 0 Å². The molecule has 22 heavy (non-hydrogen) atoms. The van der Waals surface area contributed by atoms with E-state index in [2.05, 4.69) is 10.3 Å². The highest BCUT2D eigenvalue weighted by Crippen LogP contribution is 2.26. The first kappa shape index (κ1) is 14.6. The van der Waals surface area contributed by atoms with E-state index in [0.717, 1.165) is 6.39 Å². The van der Waals surface area contributed by atoms with Crippen LogP contribution in [0, 0.1) is 0 Å². The topological polar surface area (TPSA) is 105 Å². The van der Waals surface area contributed by atoms with E-state index in [1.54, 1.807) is 12.1 Å². The quantitative estimate of drug-likeness (QED) is 0.752. The summed E-state index contributed by atoms with van der Waals surface area (Å²) in [5, 5.41) is 22.8. The predicted molar refractivity (Wildman–Crippen MR) is 75.2 cm³/mol. The molecule has 3 rings (SSSR count). The highest BCUT2D eigenvalue weighted by Gasteiger charge is 2.43. The summed E-state index contributed by atoms with van der Waals surface area (Å²) in [5.74, 6) is 0.132. The van der Waals surface area contributed by atoms with Gasteiger partial charge in [0.2, 0.25) is 0 Å². The Morgan fingerprint density at radius 2 is 2.05 bits per heavy atom. The standard InChI is InChI=1S/C15H16N2O5/c18-13-10(17-15(20)11-7-21-8-16-11)6-12(14(13)19)22-9-4-2-1-3-5-9/h1-5,7-8,10,12-14,18-19H,6H2,(H,17,20)/t10-,12-,13+,14+/m1/s1. The number of carbonyl (C=O) groups is 1. The van der Waals surface area contributed by atoms with Crippen molar-refractivity contribution in [1.29, 1.82) is 0 Å². The number of nitrogens with one attached hydrogen (secondary N) is 1. The maximum atomic E-state index is 11.9. The molecule has 1 aromatic heterocycles. The average molecular weight is 304 g/mol. The van der Waals surface area contributed by atoms with Gasteiger partial charge in [0.1, 0.15) is 30.3 Å². The maximum absolute atomic E-state index is 11.9. The lowest BCUT2D eigenvalue weighted by molar-refractivity contribution is -0.0135. The van der Waals surface area contributed by atoms with Crippen LogP contribution in [0.4, 0.5) is 0 Å². The highest BCUT2D eigenvalue weighted by atomic mass is 16.5. The minimum Gasteiger partial charge on any atom is -0.488 e. The number of aromatic nitrogens is 1. The number of ether oxygens (including phenoxy) is 1. The van der Waals surface area contributed by atoms with Gasteiger partial charge in [0.05, 0.1) is 6.04 Å². The number of carbonyl (C=O) groups excluding carboxylic acids is 1. The molecule has 3 N–H and O–H groups in total. The molecular formula is C15H16N2O5. The number of rotatable bonds is 4. The van der Waals surface area contributed by atoms with Gasteiger partial charge in [-0.2, -0.15) is 0 Å². The number of hydrogen-bond donors (Lipinski definition) is 3. The number of benzene rings is 1. The molecule has 0 saturated heterocycles. The van der Waals surface area contributed by atoms with Gasteiger partial charge in [0.25, 0.3) is 5.91 Å². The molecule has 0 bridgehead atoms. The van der Waals surface area contributed by atoms with Crippen molar-refractivity contribution in [3.05, 3.63) is 48.7 Å². The third-order valence-electron chi connectivity index (χ3n) is 3.64. The second-order valence-electron chi connectivity index (χ2n) is 5.14. The van der Waals surface area contributed by atoms with Crippen LogP contribution in [0.5, 0.6) is 5.75 Å². The number of oxazole rings is 1. The van der Waals surface area contributed by atoms with E-state index in [1.807, 2.05) is 18.2 Å². The van der Waals surface area contributed by atoms with Gasteiger partial charge in [0.15, 0.2) is 12.1 Å². The van der Waals surface area contributed by atoms with Crippen molar-refractivity contribution in [3.63, 3.8) is 0 Å². The number of hydrogen-bond acceptors (Lipinski definition) is 6. The monoisotopic (exact) mass is 304 g/mol. The molecule has 7 nitrogen and oxygen atoms in total. The fourth-order valence-corrected chi connectivity index (χ4v) is 2.49. The Morgan fingerprint density at radius 1 is 1.27 bits per heavy atom. The Hall–Kier alpha value is -2.38. The summed E-state index contributed by atoms with van der Waals surface area (Å²) in [4.78, 5) is 15.6. The summed E-state index contributed by atoms with van der Waals surface area (Å²) in [7, 11) is 0. The van der Waals surface area contributed by atoms with E-state index in [-0.39, 0.29) is 5.69 Å². The first-order valence-electron chi connectivity index (χ1n) is 6.92. The lowest BCUT2D eigenvalue weighted by Crippen LogP contribution is -2.43. The normalized spacial score (nSPS) is 27.5. The van der Waals surface area contributed by atoms with Crippen LogP contribution in [0.1, 0.15) is 16.9 Å². The van der Waals surface area contributed by atoms with E-state index in [0.29, 0.717) is 12.2 Å². The van der Waals surface area contributed by atoms with Crippen LogP contribution < -0.4 is 10.1 Å². The zero-order valence-corrected chi connectivity index (χ0v) is 11.6. The summed E-state index contributed by atoms with van der Waals surface area (Å²) in [6.07, 6.45) is -0.130. The highest BCUT2D eigenvalue weighted by molar-refractivity contribution is 5.92. The van der Waals surface area contributed by atoms with E-state index >= 15 is 0 Å². The zero-order valence-electron chi connectivity index (χ0n) is 11.6. The van der Waals surface area contributed by atoms with Crippen LogP contribution >= 0.6 is 0 Å². The summed E-state index contributed by atoms with van der Waals surface area (Å²) in [6, 6.07) is 8.40. The van der Waals surface area contributed by atoms with E-state index in [1.165, 1.54) is 6.26 Å². The van der Waals surface area contributed by atoms with Crippen LogP contribution in [0.3, 0.4) is 0 Å². The van der Waals surface area contributed by atoms with Crippen molar-refractivity contribution in [1.82, 2.24) is 10.3 Å². The van der Waals surface area contributed by atoms with Crippen LogP contribution in [0.25, 0.3) is 0 Å². The van der Waals surface area contributed by atoms with Crippen LogP contribution in [-0.4, -0.2) is 45.5 Å². The second-order valence-corrected chi connectivity index (χ2v) is 5.14. The van der Waals surface area contributed by atoms with Gasteiger partial charge in [-0.25, -0.2) is 4.98 Å². The van der Waals surface area contributed by atoms with E-state index in [4.69, 9.17) is 9.15 Å². The Morgan fingerprint density at radius 3 is 2.73 bits per heavy atom. The molecule has 0 aliphatic heterocycles. The first-order chi connectivity index (χ1) is 10.6. The molecule has 116 valence electrons. The first-order valence-corrected chi connectivity index (χ1v) is 6.92. The average Bonchev–Trinajstić information content (AvgIpc) is 3.14. The molecule has 0 spiro atoms. The lowest BCUT2D eigenvalue weighted by Gasteiger charge is -2.18. The van der Waals surface area contributed by atoms with Gasteiger partial charge < -0.3 is 24.7 Å². The van der Waals surface area contributed by atoms with Crippen molar-refractivity contribution in [2.75, 3.05) is 0 Å². The number of aliphatic hydroxyl groups excluding tert-OH is 2. The molecule has 4 atom stereocenters. The largest absolute Gasteiger partial charge is 0.488 e. The minimum atomic E-state index is -1.11. The third-order valence-corrected chi connectivity index (χ3v) is 3.64. The minimum absolute atomic E-state index is 0.120. The van der Waals surface area contributed by atoms with Gasteiger partial charge in [0, 0.05) is 6.42 Å². The number of amides is 1. The third kappa shape index (κ3) is 2.95. The Bertz CT molecular complexity index is 616. The maximum Gasteiger partial charge on any atom is 0.273 e. The van der Waals surface area contributed by atoms with Crippen molar-refractivity contribution in [2.24, 2.45) is 0 Å². The fourth-order valence-electron chi connectivity index (χ4n) is 2.49. The second kappa shape index (κ2) is 6.17. The van der Waals surface area contributed by atoms with Crippen molar-refractivity contribution in [2.45, 2.75) is 30.8 Å². The van der Waals surface area contributed by atoms with Gasteiger partial charge in [-0.15, -0.1) is 0 Å². The number of nitrogens with zero attached hydrogens (tertiary/aromatic N) is 1. The number of para-hydroxylation sites is 1. The molecule has 2 aromatic rings. The van der Waals surface area contributed by atoms with Crippen molar-refractivity contribution >= 4 is 5.91 Å². The van der Waals surface area contributed by atoms with Crippen molar-refractivity contribution < 1.29 is 24.2 Å². The molecule has 7 heteroatoms. The van der Waals surface area contributed by atoms with Gasteiger partial charge in [-0.3, -0.25) is 4.79 Å². The Labute approximate surface area is 126 Å². The fraction of sp³-hybridized carbons (Fsp3) is 0.333. The molecule has 0 unspecified atom stereocenters. The molecule has 1 aliphatic rings. The summed E-state index contributed by atoms with van der Waals surface area (Å²) >= 11 is 0. The number of aliphatic hydroxyl groups is 2. The molecule has 0 radical (unpaired) electrons. The SMILES string of the molecule is O=C(N[C@@H]1C[C@@H](Oc2ccccc2)[C@H](O)[C@H]1O)c1cocn1. The summed E-state index contributed by atoms with van der Waals surface area (Å²) in [6.45, 7) is 0. The van der Waals surface area contributed by atoms with Gasteiger partial charge >= 0.3 is 0 Å². The smallest absolute Gasteiger partial charge is 0.273 e. The summed E-state index contributed by atoms with van der Waals surface area (Å²) < 4.78 is 10.4. The molecule has 1 heterocycles. The Kier molecular flexibility index (Phi) is 4.08. The van der Waals surface area contributed by atoms with Crippen LogP contribution in [0.15, 0.2) is 47.4 Å². The van der Waals surface area contributed by atoms with Crippen molar-refractivity contribution in [3.8, 4) is 5.75 Å². The molecule has 1 saturated carbocycles. The van der Waals surface area contributed by atoms with Crippen LogP contribution in [-0.2, 0) is 0 Å². The molecule has 1 fully saturated rings. The molecular weight excluding hydrogens is 288 g/mol. The van der Waals surface area contributed by atoms with E-state index < -0.39 is 30.3 Å². The summed E-state index contributed by atoms with van der Waals surface area (Å²) in [5.41, 5.74) is 0.120. The lowest BCUT2D eigenvalue weighted by atomic mass is 10.2.